The van der Waals surface area contributed by atoms with Crippen LogP contribution >= 0.6 is 22.6 Å². The molecule has 0 saturated heterocycles. The van der Waals surface area contributed by atoms with E-state index in [1.807, 2.05) is 29.9 Å². The summed E-state index contributed by atoms with van der Waals surface area (Å²) in [6.45, 7) is 0.265. The van der Waals surface area contributed by atoms with Gasteiger partial charge in [0.15, 0.2) is 0 Å². The summed E-state index contributed by atoms with van der Waals surface area (Å²) in [6.07, 6.45) is 0.149. The highest BCUT2D eigenvalue weighted by Gasteiger charge is 2.02. The molecule has 0 heterocycles. The zero-order valence-corrected chi connectivity index (χ0v) is 10.1. The monoisotopic (exact) mass is 322 g/mol. The van der Waals surface area contributed by atoms with Gasteiger partial charge in [0.1, 0.15) is 5.75 Å². The first-order valence-corrected chi connectivity index (χ1v) is 5.34. The Hall–Kier alpha value is -0.860. The second-order valence-corrected chi connectivity index (χ2v) is 3.89. The van der Waals surface area contributed by atoms with E-state index in [1.54, 1.807) is 0 Å². The van der Waals surface area contributed by atoms with Crippen molar-refractivity contribution in [1.82, 2.24) is 5.59 Å². The number of nitrogens with one attached hydrogen (secondary N) is 1. The fraction of sp³-hybridized carbons (Fsp3) is 0.222. The molecule has 0 saturated carbocycles. The van der Waals surface area contributed by atoms with E-state index in [0.717, 1.165) is 9.32 Å². The highest BCUT2D eigenvalue weighted by Crippen LogP contribution is 2.13. The number of ether oxygens (including phenoxy) is 1. The molecular formula is C9H11IN2O3. The first-order valence-electron chi connectivity index (χ1n) is 4.26. The molecule has 0 amide bonds. The molecule has 3 N–H and O–H groups in total. The number of hydrogen-bond donors (Lipinski definition) is 2. The molecule has 5 nitrogen and oxygen atoms in total. The number of carbonyl (C=O) groups is 1. The number of rotatable bonds is 5. The molecule has 1 aromatic rings. The molecule has 0 aliphatic heterocycles. The Bertz CT molecular complexity index is 316. The van der Waals surface area contributed by atoms with Gasteiger partial charge < -0.3 is 9.57 Å². The zero-order chi connectivity index (χ0) is 11.1. The molecule has 0 aliphatic rings. The molecule has 0 bridgehead atoms. The average molecular weight is 322 g/mol. The third-order valence-corrected chi connectivity index (χ3v) is 2.28. The van der Waals surface area contributed by atoms with E-state index in [9.17, 15) is 4.79 Å². The van der Waals surface area contributed by atoms with Crippen molar-refractivity contribution in [3.05, 3.63) is 27.8 Å². The summed E-state index contributed by atoms with van der Waals surface area (Å²) >= 11 is 2.20. The van der Waals surface area contributed by atoms with Crippen LogP contribution in [0.15, 0.2) is 24.3 Å². The van der Waals surface area contributed by atoms with E-state index in [1.165, 1.54) is 0 Å². The van der Waals surface area contributed by atoms with Crippen molar-refractivity contribution in [3.63, 3.8) is 0 Å². The van der Waals surface area contributed by atoms with Gasteiger partial charge >= 0.3 is 5.97 Å². The largest absolute Gasteiger partial charge is 0.493 e. The average Bonchev–Trinajstić information content (AvgIpc) is 2.21. The number of nitrogens with two attached hydrogens (primary N) is 1. The van der Waals surface area contributed by atoms with Crippen molar-refractivity contribution in [2.75, 3.05) is 6.61 Å². The summed E-state index contributed by atoms with van der Waals surface area (Å²) in [4.78, 5) is 15.1. The van der Waals surface area contributed by atoms with Crippen LogP contribution in [0.2, 0.25) is 0 Å². The van der Waals surface area contributed by atoms with Gasteiger partial charge in [-0.1, -0.05) is 5.59 Å². The van der Waals surface area contributed by atoms with Gasteiger partial charge in [0, 0.05) is 3.57 Å². The van der Waals surface area contributed by atoms with Gasteiger partial charge in [0.2, 0.25) is 0 Å². The van der Waals surface area contributed by atoms with Gasteiger partial charge in [-0.15, -0.1) is 0 Å². The van der Waals surface area contributed by atoms with Crippen LogP contribution in [0.25, 0.3) is 0 Å². The molecule has 1 aromatic carbocycles. The Balaban J connectivity index is 2.26. The fourth-order valence-electron chi connectivity index (χ4n) is 0.900. The van der Waals surface area contributed by atoms with Crippen molar-refractivity contribution in [2.45, 2.75) is 6.42 Å². The van der Waals surface area contributed by atoms with E-state index < -0.39 is 5.97 Å². The normalized spacial score (nSPS) is 9.73. The van der Waals surface area contributed by atoms with Gasteiger partial charge in [-0.25, -0.2) is 5.84 Å². The first kappa shape index (κ1) is 12.2. The lowest BCUT2D eigenvalue weighted by Crippen LogP contribution is -2.26. The number of hydrogen-bond acceptors (Lipinski definition) is 5. The maximum atomic E-state index is 10.8. The summed E-state index contributed by atoms with van der Waals surface area (Å²) in [6, 6.07) is 7.54. The molecule has 0 aromatic heterocycles. The molecule has 0 unspecified atom stereocenters. The van der Waals surface area contributed by atoms with Crippen LogP contribution in [0.3, 0.4) is 0 Å². The van der Waals surface area contributed by atoms with E-state index in [4.69, 9.17) is 10.6 Å². The molecule has 82 valence electrons. The minimum atomic E-state index is -0.456. The molecule has 6 heteroatoms. The molecule has 0 aliphatic carbocycles. The van der Waals surface area contributed by atoms with Crippen LogP contribution < -0.4 is 16.2 Å². The summed E-state index contributed by atoms with van der Waals surface area (Å²) < 4.78 is 6.44. The molecule has 15 heavy (non-hydrogen) atoms. The molecular weight excluding hydrogens is 311 g/mol. The van der Waals surface area contributed by atoms with E-state index in [2.05, 4.69) is 27.4 Å². The SMILES string of the molecule is NNOC(=O)CCOc1ccc(I)cc1. The standard InChI is InChI=1S/C9H11IN2O3/c10-7-1-3-8(4-2-7)14-6-5-9(13)15-12-11/h1-4,12H,5-6,11H2. The maximum absolute atomic E-state index is 10.8. The van der Waals surface area contributed by atoms with Crippen molar-refractivity contribution in [1.29, 1.82) is 0 Å². The number of hydrazine groups is 1. The molecule has 0 spiro atoms. The molecule has 1 rings (SSSR count). The number of benzene rings is 1. The van der Waals surface area contributed by atoms with Gasteiger partial charge in [-0.05, 0) is 46.9 Å². The Morgan fingerprint density at radius 3 is 2.67 bits per heavy atom. The second-order valence-electron chi connectivity index (χ2n) is 2.64. The smallest absolute Gasteiger partial charge is 0.329 e. The van der Waals surface area contributed by atoms with Gasteiger partial charge in [-0.2, -0.15) is 0 Å². The highest BCUT2D eigenvalue weighted by molar-refractivity contribution is 14.1. The van der Waals surface area contributed by atoms with Crippen molar-refractivity contribution in [2.24, 2.45) is 5.84 Å². The zero-order valence-electron chi connectivity index (χ0n) is 7.90. The van der Waals surface area contributed by atoms with Crippen LogP contribution in [-0.2, 0) is 9.63 Å². The summed E-state index contributed by atoms with van der Waals surface area (Å²) in [5.74, 6) is 5.06. The molecule has 0 radical (unpaired) electrons. The summed E-state index contributed by atoms with van der Waals surface area (Å²) in [7, 11) is 0. The number of carbonyl (C=O) groups excluding carboxylic acids is 1. The Kier molecular flexibility index (Phi) is 5.37. The third kappa shape index (κ3) is 4.96. The highest BCUT2D eigenvalue weighted by atomic mass is 127. The fourth-order valence-corrected chi connectivity index (χ4v) is 1.26. The van der Waals surface area contributed by atoms with Crippen LogP contribution in [0, 0.1) is 3.57 Å². The van der Waals surface area contributed by atoms with Crippen molar-refractivity contribution < 1.29 is 14.4 Å². The van der Waals surface area contributed by atoms with E-state index >= 15 is 0 Å². The predicted octanol–water partition coefficient (Wildman–Crippen LogP) is 0.982. The minimum Gasteiger partial charge on any atom is -0.493 e. The maximum Gasteiger partial charge on any atom is 0.329 e. The lowest BCUT2D eigenvalue weighted by atomic mass is 10.3. The topological polar surface area (TPSA) is 73.6 Å². The van der Waals surface area contributed by atoms with Crippen LogP contribution in [0.4, 0.5) is 0 Å². The summed E-state index contributed by atoms with van der Waals surface area (Å²) in [5, 5.41) is 0. The summed E-state index contributed by atoms with van der Waals surface area (Å²) in [5.41, 5.74) is 1.82. The lowest BCUT2D eigenvalue weighted by molar-refractivity contribution is -0.151. The van der Waals surface area contributed by atoms with E-state index in [-0.39, 0.29) is 13.0 Å². The van der Waals surface area contributed by atoms with Gasteiger partial charge in [-0.3, -0.25) is 4.79 Å². The van der Waals surface area contributed by atoms with Gasteiger partial charge in [0.05, 0.1) is 13.0 Å². The van der Waals surface area contributed by atoms with E-state index in [0.29, 0.717) is 0 Å². The van der Waals surface area contributed by atoms with Crippen molar-refractivity contribution in [3.8, 4) is 5.75 Å². The predicted molar refractivity (Wildman–Crippen MR) is 62.7 cm³/mol. The van der Waals surface area contributed by atoms with Crippen molar-refractivity contribution >= 4 is 28.6 Å². The van der Waals surface area contributed by atoms with Gasteiger partial charge in [0.25, 0.3) is 0 Å². The first-order chi connectivity index (χ1) is 7.22. The van der Waals surface area contributed by atoms with Crippen LogP contribution in [0.1, 0.15) is 6.42 Å². The Morgan fingerprint density at radius 1 is 1.40 bits per heavy atom. The third-order valence-electron chi connectivity index (χ3n) is 1.56. The molecule has 0 fully saturated rings. The number of halogens is 1. The Morgan fingerprint density at radius 2 is 2.07 bits per heavy atom. The van der Waals surface area contributed by atoms with Crippen LogP contribution in [-0.4, -0.2) is 12.6 Å². The Labute approximate surface area is 101 Å². The lowest BCUT2D eigenvalue weighted by Gasteiger charge is -2.05. The minimum absolute atomic E-state index is 0.149. The quantitative estimate of drug-likeness (QED) is 0.480. The second kappa shape index (κ2) is 6.59. The van der Waals surface area contributed by atoms with Crippen LogP contribution in [0.5, 0.6) is 5.75 Å². The molecule has 0 atom stereocenters.